The molecule has 0 heterocycles. The van der Waals surface area contributed by atoms with Crippen LogP contribution in [0.3, 0.4) is 0 Å². The molecular formula is C15H20N2O3. The van der Waals surface area contributed by atoms with Crippen LogP contribution in [0.5, 0.6) is 5.75 Å². The van der Waals surface area contributed by atoms with Gasteiger partial charge >= 0.3 is 0 Å². The normalized spacial score (nSPS) is 11.3. The number of nitrogens with one attached hydrogen (secondary N) is 1. The topological polar surface area (TPSA) is 58.6 Å². The quantitative estimate of drug-likeness (QED) is 0.800. The molecule has 1 aromatic carbocycles. The van der Waals surface area contributed by atoms with E-state index in [0.717, 1.165) is 0 Å². The second-order valence-electron chi connectivity index (χ2n) is 4.52. The summed E-state index contributed by atoms with van der Waals surface area (Å²) >= 11 is 0. The van der Waals surface area contributed by atoms with Crippen LogP contribution in [0.4, 0.5) is 0 Å². The first-order valence-electron chi connectivity index (χ1n) is 6.32. The largest absolute Gasteiger partial charge is 0.489 e. The van der Waals surface area contributed by atoms with Crippen molar-refractivity contribution in [2.45, 2.75) is 13.0 Å². The average molecular weight is 276 g/mol. The SMILES string of the molecule is C=CCOc1ccccc1C(=O)N[C@H](C)C(=O)N(C)C. The van der Waals surface area contributed by atoms with Gasteiger partial charge in [-0.2, -0.15) is 0 Å². The van der Waals surface area contributed by atoms with E-state index in [-0.39, 0.29) is 11.8 Å². The molecule has 2 amide bonds. The highest BCUT2D eigenvalue weighted by Crippen LogP contribution is 2.18. The lowest BCUT2D eigenvalue weighted by atomic mass is 10.1. The molecule has 0 bridgehead atoms. The van der Waals surface area contributed by atoms with Crippen molar-refractivity contribution in [3.05, 3.63) is 42.5 Å². The van der Waals surface area contributed by atoms with E-state index in [1.165, 1.54) is 4.90 Å². The Kier molecular flexibility index (Phi) is 5.77. The number of para-hydroxylation sites is 1. The number of ether oxygens (including phenoxy) is 1. The van der Waals surface area contributed by atoms with Crippen LogP contribution in [0.2, 0.25) is 0 Å². The second-order valence-corrected chi connectivity index (χ2v) is 4.52. The molecule has 0 aliphatic heterocycles. The van der Waals surface area contributed by atoms with Crippen molar-refractivity contribution in [3.8, 4) is 5.75 Å². The molecule has 1 aromatic rings. The van der Waals surface area contributed by atoms with E-state index in [1.807, 2.05) is 0 Å². The van der Waals surface area contributed by atoms with Crippen LogP contribution < -0.4 is 10.1 Å². The molecule has 20 heavy (non-hydrogen) atoms. The van der Waals surface area contributed by atoms with E-state index < -0.39 is 6.04 Å². The third-order valence-electron chi connectivity index (χ3n) is 2.65. The summed E-state index contributed by atoms with van der Waals surface area (Å²) in [6.45, 7) is 5.53. The summed E-state index contributed by atoms with van der Waals surface area (Å²) in [5.74, 6) is -0.0374. The summed E-state index contributed by atoms with van der Waals surface area (Å²) in [6.07, 6.45) is 1.60. The first kappa shape index (κ1) is 15.8. The molecule has 0 spiro atoms. The summed E-state index contributed by atoms with van der Waals surface area (Å²) in [4.78, 5) is 25.3. The van der Waals surface area contributed by atoms with Crippen molar-refractivity contribution in [2.75, 3.05) is 20.7 Å². The maximum absolute atomic E-state index is 12.2. The lowest BCUT2D eigenvalue weighted by Gasteiger charge is -2.18. The van der Waals surface area contributed by atoms with Gasteiger partial charge in [-0.1, -0.05) is 24.8 Å². The second kappa shape index (κ2) is 7.33. The maximum atomic E-state index is 12.2. The molecule has 0 unspecified atom stereocenters. The zero-order valence-electron chi connectivity index (χ0n) is 12.1. The molecule has 1 atom stereocenters. The Bertz CT molecular complexity index is 498. The van der Waals surface area contributed by atoms with Gasteiger partial charge in [0.2, 0.25) is 5.91 Å². The zero-order valence-corrected chi connectivity index (χ0v) is 12.1. The fourth-order valence-electron chi connectivity index (χ4n) is 1.65. The summed E-state index contributed by atoms with van der Waals surface area (Å²) < 4.78 is 5.42. The highest BCUT2D eigenvalue weighted by molar-refractivity contribution is 5.99. The molecule has 0 fully saturated rings. The lowest BCUT2D eigenvalue weighted by Crippen LogP contribution is -2.44. The van der Waals surface area contributed by atoms with Gasteiger partial charge in [-0.05, 0) is 19.1 Å². The van der Waals surface area contributed by atoms with E-state index in [0.29, 0.717) is 17.9 Å². The highest BCUT2D eigenvalue weighted by atomic mass is 16.5. The number of amides is 2. The molecule has 5 nitrogen and oxygen atoms in total. The van der Waals surface area contributed by atoms with E-state index in [4.69, 9.17) is 4.74 Å². The molecule has 0 radical (unpaired) electrons. The number of carbonyl (C=O) groups is 2. The van der Waals surface area contributed by atoms with Gasteiger partial charge in [-0.15, -0.1) is 0 Å². The van der Waals surface area contributed by atoms with E-state index in [1.54, 1.807) is 51.4 Å². The van der Waals surface area contributed by atoms with Gasteiger partial charge in [0.15, 0.2) is 0 Å². The molecule has 108 valence electrons. The molecule has 5 heteroatoms. The standard InChI is InChI=1S/C15H20N2O3/c1-5-10-20-13-9-7-6-8-12(13)14(18)16-11(2)15(19)17(3)4/h5-9,11H,1,10H2,2-4H3,(H,16,18)/t11-/m1/s1. The van der Waals surface area contributed by atoms with Crippen LogP contribution in [-0.2, 0) is 4.79 Å². The number of carbonyl (C=O) groups excluding carboxylic acids is 2. The van der Waals surface area contributed by atoms with Gasteiger partial charge < -0.3 is 15.0 Å². The molecule has 0 saturated heterocycles. The van der Waals surface area contributed by atoms with Crippen molar-refractivity contribution < 1.29 is 14.3 Å². The summed E-state index contributed by atoms with van der Waals surface area (Å²) in [7, 11) is 3.29. The minimum atomic E-state index is -0.593. The summed E-state index contributed by atoms with van der Waals surface area (Å²) in [6, 6.07) is 6.29. The van der Waals surface area contributed by atoms with Crippen molar-refractivity contribution in [1.82, 2.24) is 10.2 Å². The molecule has 0 saturated carbocycles. The van der Waals surface area contributed by atoms with Crippen molar-refractivity contribution in [3.63, 3.8) is 0 Å². The molecule has 0 aliphatic rings. The van der Waals surface area contributed by atoms with E-state index >= 15 is 0 Å². The summed E-state index contributed by atoms with van der Waals surface area (Å²) in [5, 5.41) is 2.66. The highest BCUT2D eigenvalue weighted by Gasteiger charge is 2.19. The predicted octanol–water partition coefficient (Wildman–Crippen LogP) is 1.46. The third-order valence-corrected chi connectivity index (χ3v) is 2.65. The van der Waals surface area contributed by atoms with E-state index in [9.17, 15) is 9.59 Å². The van der Waals surface area contributed by atoms with Crippen LogP contribution in [0.1, 0.15) is 17.3 Å². The van der Waals surface area contributed by atoms with E-state index in [2.05, 4.69) is 11.9 Å². The van der Waals surface area contributed by atoms with Gasteiger partial charge in [0.05, 0.1) is 5.56 Å². The van der Waals surface area contributed by atoms with Crippen LogP contribution in [-0.4, -0.2) is 43.5 Å². The minimum Gasteiger partial charge on any atom is -0.489 e. The maximum Gasteiger partial charge on any atom is 0.255 e. The number of hydrogen-bond donors (Lipinski definition) is 1. The first-order valence-corrected chi connectivity index (χ1v) is 6.32. The third kappa shape index (κ3) is 4.12. The predicted molar refractivity (Wildman–Crippen MR) is 77.8 cm³/mol. The number of rotatable bonds is 6. The fourth-order valence-corrected chi connectivity index (χ4v) is 1.65. The number of benzene rings is 1. The van der Waals surface area contributed by atoms with Gasteiger partial charge in [0.1, 0.15) is 18.4 Å². The van der Waals surface area contributed by atoms with Gasteiger partial charge in [0.25, 0.3) is 5.91 Å². The van der Waals surface area contributed by atoms with Crippen LogP contribution >= 0.6 is 0 Å². The monoisotopic (exact) mass is 276 g/mol. The average Bonchev–Trinajstić information content (AvgIpc) is 2.44. The van der Waals surface area contributed by atoms with Crippen LogP contribution in [0.25, 0.3) is 0 Å². The molecule has 1 N–H and O–H groups in total. The van der Waals surface area contributed by atoms with Gasteiger partial charge in [-0.25, -0.2) is 0 Å². The Balaban J connectivity index is 2.82. The van der Waals surface area contributed by atoms with Crippen molar-refractivity contribution >= 4 is 11.8 Å². The van der Waals surface area contributed by atoms with Crippen LogP contribution in [0, 0.1) is 0 Å². The van der Waals surface area contributed by atoms with Crippen molar-refractivity contribution in [2.24, 2.45) is 0 Å². The Labute approximate surface area is 119 Å². The smallest absolute Gasteiger partial charge is 0.255 e. The Morgan fingerprint density at radius 2 is 2.05 bits per heavy atom. The van der Waals surface area contributed by atoms with Gasteiger partial charge in [0, 0.05) is 14.1 Å². The van der Waals surface area contributed by atoms with Crippen molar-refractivity contribution in [1.29, 1.82) is 0 Å². The minimum absolute atomic E-state index is 0.164. The molecule has 1 rings (SSSR count). The zero-order chi connectivity index (χ0) is 15.1. The lowest BCUT2D eigenvalue weighted by molar-refractivity contribution is -0.130. The van der Waals surface area contributed by atoms with Gasteiger partial charge in [-0.3, -0.25) is 9.59 Å². The summed E-state index contributed by atoms with van der Waals surface area (Å²) in [5.41, 5.74) is 0.396. The number of hydrogen-bond acceptors (Lipinski definition) is 3. The number of likely N-dealkylation sites (N-methyl/N-ethyl adjacent to an activating group) is 1. The molecule has 0 aliphatic carbocycles. The number of nitrogens with zero attached hydrogens (tertiary/aromatic N) is 1. The Morgan fingerprint density at radius 3 is 2.65 bits per heavy atom. The first-order chi connectivity index (χ1) is 9.47. The Hall–Kier alpha value is -2.30. The Morgan fingerprint density at radius 1 is 1.40 bits per heavy atom. The fraction of sp³-hybridized carbons (Fsp3) is 0.333. The van der Waals surface area contributed by atoms with Crippen LogP contribution in [0.15, 0.2) is 36.9 Å². The molecule has 0 aromatic heterocycles. The molecular weight excluding hydrogens is 256 g/mol.